The molecule has 6 nitrogen and oxygen atoms in total. The molecule has 114 valence electrons. The zero-order valence-corrected chi connectivity index (χ0v) is 12.2. The Morgan fingerprint density at radius 1 is 1.33 bits per heavy atom. The predicted octanol–water partition coefficient (Wildman–Crippen LogP) is 0.885. The van der Waals surface area contributed by atoms with Crippen LogP contribution in [0.1, 0.15) is 12.8 Å². The molecule has 0 radical (unpaired) electrons. The van der Waals surface area contributed by atoms with Crippen molar-refractivity contribution in [2.75, 3.05) is 25.0 Å². The third-order valence-corrected chi connectivity index (χ3v) is 5.02. The molecule has 21 heavy (non-hydrogen) atoms. The first-order chi connectivity index (χ1) is 10.0. The second kappa shape index (κ2) is 5.61. The summed E-state index contributed by atoms with van der Waals surface area (Å²) in [5, 5.41) is 9.22. The average Bonchev–Trinajstić information content (AvgIpc) is 2.47. The molecule has 0 bridgehead atoms. The molecule has 1 fully saturated rings. The maximum Gasteiger partial charge on any atom is 0.287 e. The summed E-state index contributed by atoms with van der Waals surface area (Å²) >= 11 is 0. The van der Waals surface area contributed by atoms with Gasteiger partial charge >= 0.3 is 0 Å². The van der Waals surface area contributed by atoms with Crippen molar-refractivity contribution in [2.24, 2.45) is 10.3 Å². The van der Waals surface area contributed by atoms with Gasteiger partial charge in [-0.3, -0.25) is 0 Å². The lowest BCUT2D eigenvalue weighted by Gasteiger charge is -2.25. The van der Waals surface area contributed by atoms with E-state index in [9.17, 15) is 12.8 Å². The first-order valence-corrected chi connectivity index (χ1v) is 8.35. The number of halogens is 1. The van der Waals surface area contributed by atoms with Gasteiger partial charge in [0, 0.05) is 6.54 Å². The first-order valence-electron chi connectivity index (χ1n) is 6.91. The number of anilines is 1. The van der Waals surface area contributed by atoms with Crippen molar-refractivity contribution in [3.8, 4) is 0 Å². The van der Waals surface area contributed by atoms with E-state index in [-0.39, 0.29) is 10.9 Å². The molecular weight excluding hydrogens is 295 g/mol. The highest BCUT2D eigenvalue weighted by Gasteiger charge is 2.25. The van der Waals surface area contributed by atoms with Gasteiger partial charge in [-0.05, 0) is 50.0 Å². The Bertz CT molecular complexity index is 669. The molecule has 3 rings (SSSR count). The summed E-state index contributed by atoms with van der Waals surface area (Å²) in [5.74, 6) is 0.0983. The van der Waals surface area contributed by atoms with Crippen LogP contribution < -0.4 is 16.0 Å². The van der Waals surface area contributed by atoms with E-state index in [1.807, 2.05) is 0 Å². The van der Waals surface area contributed by atoms with Crippen molar-refractivity contribution in [1.29, 1.82) is 0 Å². The number of fused-ring (bicyclic) bond motifs is 1. The Hall–Kier alpha value is -1.67. The van der Waals surface area contributed by atoms with E-state index in [1.54, 1.807) is 0 Å². The van der Waals surface area contributed by atoms with E-state index in [2.05, 4.69) is 20.3 Å². The van der Waals surface area contributed by atoms with Crippen molar-refractivity contribution in [2.45, 2.75) is 17.7 Å². The second-order valence-electron chi connectivity index (χ2n) is 5.25. The zero-order valence-electron chi connectivity index (χ0n) is 11.4. The van der Waals surface area contributed by atoms with Gasteiger partial charge in [0.2, 0.25) is 5.96 Å². The van der Waals surface area contributed by atoms with Crippen LogP contribution in [0.4, 0.5) is 10.1 Å². The number of rotatable bonds is 2. The molecule has 2 aliphatic rings. The van der Waals surface area contributed by atoms with Crippen LogP contribution in [0.15, 0.2) is 27.5 Å². The minimum absolute atomic E-state index is 0.130. The molecule has 1 aromatic carbocycles. The zero-order chi connectivity index (χ0) is 14.9. The number of hydrogen-bond donors (Lipinski definition) is 3. The van der Waals surface area contributed by atoms with Crippen LogP contribution in [0, 0.1) is 11.7 Å². The molecule has 2 aliphatic heterocycles. The number of nitrogens with zero attached hydrogens (tertiary/aromatic N) is 1. The predicted molar refractivity (Wildman–Crippen MR) is 78.2 cm³/mol. The van der Waals surface area contributed by atoms with Crippen LogP contribution in [0.2, 0.25) is 0 Å². The normalized spacial score (nSPS) is 21.1. The summed E-state index contributed by atoms with van der Waals surface area (Å²) < 4.78 is 40.9. The quantitative estimate of drug-likeness (QED) is 0.755. The summed E-state index contributed by atoms with van der Waals surface area (Å²) in [4.78, 5) is -0.130. The van der Waals surface area contributed by atoms with Crippen LogP contribution in [0.5, 0.6) is 0 Å². The van der Waals surface area contributed by atoms with Gasteiger partial charge in [-0.2, -0.15) is 8.42 Å². The Balaban J connectivity index is 1.74. The average molecular weight is 312 g/mol. The highest BCUT2D eigenvalue weighted by molar-refractivity contribution is 7.90. The Labute approximate surface area is 122 Å². The van der Waals surface area contributed by atoms with Crippen molar-refractivity contribution in [3.63, 3.8) is 0 Å². The summed E-state index contributed by atoms with van der Waals surface area (Å²) in [6.45, 7) is 2.62. The molecule has 1 saturated heterocycles. The largest absolute Gasteiger partial charge is 0.355 e. The smallest absolute Gasteiger partial charge is 0.287 e. The molecule has 3 N–H and O–H groups in total. The lowest BCUT2D eigenvalue weighted by molar-refractivity contribution is 0.372. The lowest BCUT2D eigenvalue weighted by atomic mass is 9.98. The number of nitrogens with one attached hydrogen (secondary N) is 3. The van der Waals surface area contributed by atoms with E-state index >= 15 is 0 Å². The topological polar surface area (TPSA) is 82.6 Å². The monoisotopic (exact) mass is 312 g/mol. The van der Waals surface area contributed by atoms with Gasteiger partial charge in [-0.1, -0.05) is 0 Å². The molecule has 0 atom stereocenters. The van der Waals surface area contributed by atoms with E-state index in [0.29, 0.717) is 18.2 Å². The van der Waals surface area contributed by atoms with Gasteiger partial charge < -0.3 is 16.0 Å². The first kappa shape index (κ1) is 14.3. The van der Waals surface area contributed by atoms with E-state index in [0.717, 1.165) is 32.0 Å². The van der Waals surface area contributed by atoms with Crippen LogP contribution >= 0.6 is 0 Å². The summed E-state index contributed by atoms with van der Waals surface area (Å²) in [5.41, 5.74) is 0.346. The fourth-order valence-electron chi connectivity index (χ4n) is 2.54. The third-order valence-electron chi connectivity index (χ3n) is 3.70. The minimum atomic E-state index is -3.86. The van der Waals surface area contributed by atoms with Crippen molar-refractivity contribution < 1.29 is 12.8 Å². The van der Waals surface area contributed by atoms with Gasteiger partial charge in [0.05, 0.1) is 5.69 Å². The van der Waals surface area contributed by atoms with Crippen molar-refractivity contribution >= 4 is 21.7 Å². The summed E-state index contributed by atoms with van der Waals surface area (Å²) in [6.07, 6.45) is 2.10. The third kappa shape index (κ3) is 3.16. The van der Waals surface area contributed by atoms with Crippen molar-refractivity contribution in [1.82, 2.24) is 10.6 Å². The Morgan fingerprint density at radius 3 is 2.86 bits per heavy atom. The Morgan fingerprint density at radius 2 is 2.10 bits per heavy atom. The van der Waals surface area contributed by atoms with Gasteiger partial charge in [-0.15, -0.1) is 4.40 Å². The van der Waals surface area contributed by atoms with Gasteiger partial charge in [0.15, 0.2) is 0 Å². The van der Waals surface area contributed by atoms with Crippen LogP contribution in [0.3, 0.4) is 0 Å². The standard InChI is InChI=1S/C13H17FN4O2S/c14-10-1-2-11-12(7-10)21(19,20)18-13(17-11)16-8-9-3-5-15-6-4-9/h1-2,7,9,15H,3-6,8H2,(H2,16,17,18). The molecule has 2 heterocycles. The number of benzene rings is 1. The number of guanidine groups is 1. The maximum atomic E-state index is 13.2. The summed E-state index contributed by atoms with van der Waals surface area (Å²) in [7, 11) is -3.86. The number of sulfonamides is 1. The number of piperidine rings is 1. The maximum absolute atomic E-state index is 13.2. The van der Waals surface area contributed by atoms with Gasteiger partial charge in [-0.25, -0.2) is 4.39 Å². The van der Waals surface area contributed by atoms with E-state index in [4.69, 9.17) is 0 Å². The van der Waals surface area contributed by atoms with Gasteiger partial charge in [0.25, 0.3) is 10.0 Å². The molecule has 0 saturated carbocycles. The van der Waals surface area contributed by atoms with Gasteiger partial charge in [0.1, 0.15) is 10.7 Å². The Kier molecular flexibility index (Phi) is 3.81. The molecule has 0 amide bonds. The molecule has 1 aromatic rings. The minimum Gasteiger partial charge on any atom is -0.355 e. The fraction of sp³-hybridized carbons (Fsp3) is 0.462. The highest BCUT2D eigenvalue weighted by atomic mass is 32.2. The molecule has 0 unspecified atom stereocenters. The second-order valence-corrected chi connectivity index (χ2v) is 6.83. The lowest BCUT2D eigenvalue weighted by Crippen LogP contribution is -2.40. The molecule has 0 spiro atoms. The van der Waals surface area contributed by atoms with Crippen LogP contribution in [-0.4, -0.2) is 34.0 Å². The van der Waals surface area contributed by atoms with Crippen molar-refractivity contribution in [3.05, 3.63) is 24.0 Å². The summed E-state index contributed by atoms with van der Waals surface area (Å²) in [6, 6.07) is 3.60. The number of hydrogen-bond acceptors (Lipinski definition) is 5. The fourth-order valence-corrected chi connectivity index (χ4v) is 3.64. The molecule has 0 aromatic heterocycles. The molecule has 0 aliphatic carbocycles. The SMILES string of the molecule is O=S1(=O)N=C(NCC2CCNCC2)Nc2ccc(F)cc21. The highest BCUT2D eigenvalue weighted by Crippen LogP contribution is 2.27. The van der Waals surface area contributed by atoms with Crippen LogP contribution in [-0.2, 0) is 10.0 Å². The molecular formula is C13H17FN4O2S. The van der Waals surface area contributed by atoms with E-state index in [1.165, 1.54) is 12.1 Å². The van der Waals surface area contributed by atoms with E-state index < -0.39 is 15.8 Å². The molecule has 8 heteroatoms. The van der Waals surface area contributed by atoms with Crippen LogP contribution in [0.25, 0.3) is 0 Å².